The maximum atomic E-state index is 5.77. The van der Waals surface area contributed by atoms with Crippen LogP contribution in [-0.4, -0.2) is 17.8 Å². The van der Waals surface area contributed by atoms with Gasteiger partial charge in [-0.25, -0.2) is 0 Å². The number of aromatic nitrogens is 2. The van der Waals surface area contributed by atoms with Gasteiger partial charge in [0.1, 0.15) is 24.8 Å². The van der Waals surface area contributed by atoms with Crippen molar-refractivity contribution in [2.45, 2.75) is 39.3 Å². The molecule has 1 atom stereocenters. The zero-order valence-electron chi connectivity index (χ0n) is 10.4. The van der Waals surface area contributed by atoms with Crippen LogP contribution < -0.4 is 14.0 Å². The fraction of sp³-hybridized carbons (Fsp3) is 0.750. The monoisotopic (exact) mass is 223 g/mol. The van der Waals surface area contributed by atoms with Gasteiger partial charge in [0.2, 0.25) is 0 Å². The molecule has 0 fully saturated rings. The summed E-state index contributed by atoms with van der Waals surface area (Å²) in [5.41, 5.74) is 0.0392. The van der Waals surface area contributed by atoms with E-state index in [-0.39, 0.29) is 5.54 Å². The van der Waals surface area contributed by atoms with Crippen LogP contribution in [0.5, 0.6) is 11.8 Å². The quantitative estimate of drug-likeness (QED) is 0.675. The lowest BCUT2D eigenvalue weighted by Gasteiger charge is -2.13. The van der Waals surface area contributed by atoms with Crippen molar-refractivity contribution < 1.29 is 14.0 Å². The number of imidazole rings is 1. The van der Waals surface area contributed by atoms with E-state index in [0.717, 1.165) is 25.0 Å². The molecular formula is C12H19N2O2+. The topological polar surface area (TPSA) is 27.3 Å². The van der Waals surface area contributed by atoms with Crippen LogP contribution in [0.15, 0.2) is 6.33 Å². The first-order chi connectivity index (χ1) is 7.50. The summed E-state index contributed by atoms with van der Waals surface area (Å²) >= 11 is 0. The number of nitrogens with zero attached hydrogens (tertiary/aromatic N) is 2. The Hall–Kier alpha value is -1.19. The van der Waals surface area contributed by atoms with Gasteiger partial charge >= 0.3 is 11.8 Å². The standard InChI is InChI=1S/C12H19N2O2/c1-8(2)9-5-15-10-11-14(7-13(9)10)12(3,4)6-16-11/h7-9H,5-6H2,1-4H3/q+1. The number of rotatable bonds is 1. The smallest absolute Gasteiger partial charge is 0.373 e. The third kappa shape index (κ3) is 1.13. The van der Waals surface area contributed by atoms with Gasteiger partial charge in [-0.3, -0.25) is 0 Å². The lowest BCUT2D eigenvalue weighted by atomic mass is 10.1. The molecule has 4 nitrogen and oxygen atoms in total. The molecule has 2 aliphatic rings. The number of hydrogen-bond acceptors (Lipinski definition) is 2. The molecule has 88 valence electrons. The maximum Gasteiger partial charge on any atom is 0.373 e. The largest absolute Gasteiger partial charge is 0.452 e. The van der Waals surface area contributed by atoms with Crippen molar-refractivity contribution in [3.8, 4) is 11.8 Å². The van der Waals surface area contributed by atoms with E-state index in [9.17, 15) is 0 Å². The lowest BCUT2D eigenvalue weighted by molar-refractivity contribution is -0.711. The molecule has 0 amide bonds. The predicted octanol–water partition coefficient (Wildman–Crippen LogP) is 1.49. The van der Waals surface area contributed by atoms with Crippen LogP contribution in [0.4, 0.5) is 0 Å². The summed E-state index contributed by atoms with van der Waals surface area (Å²) in [6.07, 6.45) is 2.15. The summed E-state index contributed by atoms with van der Waals surface area (Å²) in [7, 11) is 0. The second kappa shape index (κ2) is 2.93. The van der Waals surface area contributed by atoms with Crippen LogP contribution in [0.3, 0.4) is 0 Å². The van der Waals surface area contributed by atoms with E-state index in [0.29, 0.717) is 12.0 Å². The highest BCUT2D eigenvalue weighted by Crippen LogP contribution is 2.40. The molecule has 3 rings (SSSR count). The molecule has 0 spiro atoms. The van der Waals surface area contributed by atoms with Crippen molar-refractivity contribution in [2.75, 3.05) is 13.2 Å². The maximum absolute atomic E-state index is 5.77. The van der Waals surface area contributed by atoms with Crippen LogP contribution in [0.25, 0.3) is 0 Å². The van der Waals surface area contributed by atoms with E-state index in [2.05, 4.69) is 43.2 Å². The van der Waals surface area contributed by atoms with Crippen molar-refractivity contribution in [2.24, 2.45) is 5.92 Å². The summed E-state index contributed by atoms with van der Waals surface area (Å²) in [5, 5.41) is 0. The van der Waals surface area contributed by atoms with Crippen LogP contribution in [0.1, 0.15) is 33.7 Å². The Morgan fingerprint density at radius 2 is 2.19 bits per heavy atom. The van der Waals surface area contributed by atoms with Crippen molar-refractivity contribution in [1.29, 1.82) is 0 Å². The first-order valence-corrected chi connectivity index (χ1v) is 5.93. The third-order valence-corrected chi connectivity index (χ3v) is 3.61. The Morgan fingerprint density at radius 1 is 1.44 bits per heavy atom. The van der Waals surface area contributed by atoms with Gasteiger partial charge in [-0.15, -0.1) is 0 Å². The molecule has 0 aromatic carbocycles. The summed E-state index contributed by atoms with van der Waals surface area (Å²) in [6, 6.07) is 0.437. The summed E-state index contributed by atoms with van der Waals surface area (Å²) in [6.45, 7) is 10.3. The number of ether oxygens (including phenoxy) is 2. The van der Waals surface area contributed by atoms with Crippen LogP contribution in [-0.2, 0) is 5.54 Å². The fourth-order valence-electron chi connectivity index (χ4n) is 2.45. The molecule has 0 radical (unpaired) electrons. The number of fused-ring (bicyclic) bond motifs is 3. The van der Waals surface area contributed by atoms with Crippen molar-refractivity contribution in [3.63, 3.8) is 0 Å². The van der Waals surface area contributed by atoms with E-state index < -0.39 is 0 Å². The summed E-state index contributed by atoms with van der Waals surface area (Å²) in [5.74, 6) is 2.38. The van der Waals surface area contributed by atoms with Crippen molar-refractivity contribution in [1.82, 2.24) is 4.57 Å². The third-order valence-electron chi connectivity index (χ3n) is 3.61. The van der Waals surface area contributed by atoms with Gasteiger partial charge in [-0.05, 0) is 19.8 Å². The Balaban J connectivity index is 2.08. The molecule has 1 unspecified atom stereocenters. The predicted molar refractivity (Wildman–Crippen MR) is 58.8 cm³/mol. The molecule has 16 heavy (non-hydrogen) atoms. The molecule has 0 aliphatic carbocycles. The van der Waals surface area contributed by atoms with Gasteiger partial charge in [-0.1, -0.05) is 13.8 Å². The second-order valence-corrected chi connectivity index (χ2v) is 5.73. The highest BCUT2D eigenvalue weighted by Gasteiger charge is 2.47. The van der Waals surface area contributed by atoms with Crippen molar-refractivity contribution >= 4 is 0 Å². The molecule has 0 bridgehead atoms. The summed E-state index contributed by atoms with van der Waals surface area (Å²) in [4.78, 5) is 0. The van der Waals surface area contributed by atoms with Crippen molar-refractivity contribution in [3.05, 3.63) is 6.33 Å². The second-order valence-electron chi connectivity index (χ2n) is 5.73. The fourth-order valence-corrected chi connectivity index (χ4v) is 2.45. The number of hydrogen-bond donors (Lipinski definition) is 0. The Morgan fingerprint density at radius 3 is 2.88 bits per heavy atom. The van der Waals surface area contributed by atoms with E-state index >= 15 is 0 Å². The minimum Gasteiger partial charge on any atom is -0.452 e. The van der Waals surface area contributed by atoms with Gasteiger partial charge < -0.3 is 9.47 Å². The van der Waals surface area contributed by atoms with Gasteiger partial charge in [0.15, 0.2) is 0 Å². The zero-order valence-corrected chi connectivity index (χ0v) is 10.4. The highest BCUT2D eigenvalue weighted by molar-refractivity contribution is 5.27. The van der Waals surface area contributed by atoms with Gasteiger partial charge in [0, 0.05) is 0 Å². The molecule has 4 heteroatoms. The van der Waals surface area contributed by atoms with Crippen LogP contribution in [0, 0.1) is 5.92 Å². The van der Waals surface area contributed by atoms with Gasteiger partial charge in [0.05, 0.1) is 0 Å². The van der Waals surface area contributed by atoms with E-state index in [1.54, 1.807) is 0 Å². The van der Waals surface area contributed by atoms with Crippen LogP contribution >= 0.6 is 0 Å². The molecule has 3 heterocycles. The average Bonchev–Trinajstić information content (AvgIpc) is 2.77. The normalized spacial score (nSPS) is 25.2. The van der Waals surface area contributed by atoms with E-state index in [1.165, 1.54) is 0 Å². The minimum atomic E-state index is 0.0392. The molecule has 0 saturated heterocycles. The van der Waals surface area contributed by atoms with Gasteiger partial charge in [-0.2, -0.15) is 9.13 Å². The first kappa shape index (κ1) is 10.00. The molecule has 1 aromatic heterocycles. The van der Waals surface area contributed by atoms with Gasteiger partial charge in [0.25, 0.3) is 6.33 Å². The molecule has 1 aromatic rings. The first-order valence-electron chi connectivity index (χ1n) is 5.93. The SMILES string of the molecule is CC(C)C1COc2c3n(c[n+]21)C(C)(C)CO3. The highest BCUT2D eigenvalue weighted by atomic mass is 16.5. The van der Waals surface area contributed by atoms with Crippen LogP contribution in [0.2, 0.25) is 0 Å². The Labute approximate surface area is 95.8 Å². The molecule has 0 N–H and O–H groups in total. The summed E-state index contributed by atoms with van der Waals surface area (Å²) < 4.78 is 15.9. The minimum absolute atomic E-state index is 0.0392. The Kier molecular flexibility index (Phi) is 1.83. The Bertz CT molecular complexity index is 434. The molecule has 2 aliphatic heterocycles. The molecule has 0 saturated carbocycles. The van der Waals surface area contributed by atoms with E-state index in [1.807, 2.05) is 0 Å². The van der Waals surface area contributed by atoms with E-state index in [4.69, 9.17) is 9.47 Å². The molecular weight excluding hydrogens is 204 g/mol. The lowest BCUT2D eigenvalue weighted by Crippen LogP contribution is -2.40. The zero-order chi connectivity index (χ0) is 11.5. The average molecular weight is 223 g/mol.